The van der Waals surface area contributed by atoms with E-state index in [9.17, 15) is 27.7 Å². The molecule has 0 aliphatic rings. The summed E-state index contributed by atoms with van der Waals surface area (Å²) in [6.45, 7) is 3.20. The van der Waals surface area contributed by atoms with Gasteiger partial charge in [0.15, 0.2) is 0 Å². The molecule has 20 heavy (non-hydrogen) atoms. The Balaban J connectivity index is 5.47. The van der Waals surface area contributed by atoms with Crippen molar-refractivity contribution in [1.82, 2.24) is 0 Å². The van der Waals surface area contributed by atoms with Gasteiger partial charge in [-0.2, -0.15) is 8.42 Å². The van der Waals surface area contributed by atoms with Gasteiger partial charge in [-0.3, -0.25) is 14.1 Å². The van der Waals surface area contributed by atoms with Gasteiger partial charge in [0.25, 0.3) is 10.1 Å². The van der Waals surface area contributed by atoms with Crippen LogP contribution in [0.2, 0.25) is 0 Å². The summed E-state index contributed by atoms with van der Waals surface area (Å²) >= 11 is 0. The number of carbonyl (C=O) groups is 2. The van der Waals surface area contributed by atoms with Gasteiger partial charge in [-0.1, -0.05) is 39.5 Å². The molecule has 8 heteroatoms. The number of hydrogen-bond donors (Lipinski definition) is 3. The molecule has 0 heterocycles. The van der Waals surface area contributed by atoms with Crippen LogP contribution >= 0.6 is 0 Å². The van der Waals surface area contributed by atoms with E-state index in [-0.39, 0.29) is 6.42 Å². The average molecular weight is 310 g/mol. The quantitative estimate of drug-likeness (QED) is 0.414. The smallest absolute Gasteiger partial charge is 0.328 e. The summed E-state index contributed by atoms with van der Waals surface area (Å²) < 4.78 is 29.5. The first kappa shape index (κ1) is 18.9. The number of carboxylic acids is 2. The summed E-state index contributed by atoms with van der Waals surface area (Å²) in [7, 11) is -5.04. The van der Waals surface area contributed by atoms with Crippen LogP contribution in [0.3, 0.4) is 0 Å². The lowest BCUT2D eigenvalue weighted by Gasteiger charge is -2.30. The summed E-state index contributed by atoms with van der Waals surface area (Å²) in [5.41, 5.74) is 0. The minimum Gasteiger partial charge on any atom is -0.481 e. The van der Waals surface area contributed by atoms with E-state index in [1.807, 2.05) is 6.92 Å². The minimum absolute atomic E-state index is 0.102. The van der Waals surface area contributed by atoms with E-state index in [2.05, 4.69) is 0 Å². The Morgan fingerprint density at radius 1 is 1.10 bits per heavy atom. The first-order valence-corrected chi connectivity index (χ1v) is 8.02. The summed E-state index contributed by atoms with van der Waals surface area (Å²) in [6.07, 6.45) is 2.24. The fourth-order valence-corrected chi connectivity index (χ4v) is 3.51. The molecule has 0 saturated carbocycles. The lowest BCUT2D eigenvalue weighted by atomic mass is 9.84. The second kappa shape index (κ2) is 7.58. The molecule has 118 valence electrons. The Hall–Kier alpha value is -1.15. The van der Waals surface area contributed by atoms with Crippen molar-refractivity contribution in [2.24, 2.45) is 5.92 Å². The molecular weight excluding hydrogens is 288 g/mol. The fourth-order valence-electron chi connectivity index (χ4n) is 2.35. The topological polar surface area (TPSA) is 129 Å². The van der Waals surface area contributed by atoms with E-state index in [1.54, 1.807) is 0 Å². The molecule has 0 saturated heterocycles. The van der Waals surface area contributed by atoms with Gasteiger partial charge in [-0.15, -0.1) is 0 Å². The molecule has 0 rings (SSSR count). The van der Waals surface area contributed by atoms with Gasteiger partial charge in [-0.25, -0.2) is 0 Å². The van der Waals surface area contributed by atoms with Gasteiger partial charge in [-0.05, 0) is 12.8 Å². The summed E-state index contributed by atoms with van der Waals surface area (Å²) in [5, 5.41) is 18.3. The Bertz CT molecular complexity index is 443. The molecule has 0 aromatic heterocycles. The average Bonchev–Trinajstić information content (AvgIpc) is 2.30. The van der Waals surface area contributed by atoms with Crippen LogP contribution in [0.4, 0.5) is 0 Å². The highest BCUT2D eigenvalue weighted by atomic mass is 32.2. The first-order valence-electron chi connectivity index (χ1n) is 6.58. The lowest BCUT2D eigenvalue weighted by molar-refractivity contribution is -0.152. The van der Waals surface area contributed by atoms with Crippen LogP contribution in [0.5, 0.6) is 0 Å². The Morgan fingerprint density at radius 2 is 1.65 bits per heavy atom. The van der Waals surface area contributed by atoms with Crippen molar-refractivity contribution in [2.75, 3.05) is 0 Å². The number of carboxylic acid groups (broad SMARTS) is 2. The van der Waals surface area contributed by atoms with E-state index in [0.29, 0.717) is 12.8 Å². The first-order chi connectivity index (χ1) is 9.15. The second-order valence-corrected chi connectivity index (χ2v) is 6.44. The van der Waals surface area contributed by atoms with Gasteiger partial charge in [0.1, 0.15) is 0 Å². The highest BCUT2D eigenvalue weighted by Crippen LogP contribution is 2.34. The molecule has 2 unspecified atom stereocenters. The molecule has 0 aromatic carbocycles. The van der Waals surface area contributed by atoms with Crippen molar-refractivity contribution in [2.45, 2.75) is 57.1 Å². The molecule has 0 aliphatic carbocycles. The third-order valence-electron chi connectivity index (χ3n) is 3.55. The van der Waals surface area contributed by atoms with E-state index in [0.717, 1.165) is 12.8 Å². The van der Waals surface area contributed by atoms with Crippen molar-refractivity contribution in [3.63, 3.8) is 0 Å². The predicted molar refractivity (Wildman–Crippen MR) is 72.1 cm³/mol. The van der Waals surface area contributed by atoms with E-state index >= 15 is 0 Å². The van der Waals surface area contributed by atoms with E-state index in [1.165, 1.54) is 6.92 Å². The van der Waals surface area contributed by atoms with Crippen LogP contribution in [0.1, 0.15) is 52.4 Å². The third-order valence-corrected chi connectivity index (χ3v) is 5.22. The maximum atomic E-state index is 11.5. The van der Waals surface area contributed by atoms with Crippen LogP contribution in [0.25, 0.3) is 0 Å². The molecule has 0 fully saturated rings. The van der Waals surface area contributed by atoms with Crippen molar-refractivity contribution in [1.29, 1.82) is 0 Å². The van der Waals surface area contributed by atoms with Crippen LogP contribution in [-0.4, -0.2) is 39.9 Å². The molecule has 2 atom stereocenters. The fraction of sp³-hybridized carbons (Fsp3) is 0.833. The number of hydrogen-bond acceptors (Lipinski definition) is 4. The molecular formula is C12H22O7S. The van der Waals surface area contributed by atoms with Crippen LogP contribution < -0.4 is 0 Å². The van der Waals surface area contributed by atoms with Crippen molar-refractivity contribution >= 4 is 22.1 Å². The molecule has 7 nitrogen and oxygen atoms in total. The molecule has 0 aliphatic heterocycles. The maximum absolute atomic E-state index is 11.5. The van der Waals surface area contributed by atoms with Crippen LogP contribution in [0, 0.1) is 5.92 Å². The zero-order valence-electron chi connectivity index (χ0n) is 11.7. The van der Waals surface area contributed by atoms with E-state index in [4.69, 9.17) is 5.11 Å². The highest BCUT2D eigenvalue weighted by molar-refractivity contribution is 7.88. The zero-order valence-corrected chi connectivity index (χ0v) is 12.5. The molecule has 0 amide bonds. The molecule has 0 spiro atoms. The summed E-state index contributed by atoms with van der Waals surface area (Å²) in [6, 6.07) is 0. The van der Waals surface area contributed by atoms with Gasteiger partial charge in [0.2, 0.25) is 4.75 Å². The Morgan fingerprint density at radius 3 is 1.95 bits per heavy atom. The summed E-state index contributed by atoms with van der Waals surface area (Å²) in [5.74, 6) is -5.02. The van der Waals surface area contributed by atoms with Gasteiger partial charge in [0.05, 0.1) is 5.92 Å². The number of rotatable bonds is 10. The number of unbranched alkanes of at least 4 members (excludes halogenated alkanes) is 3. The third kappa shape index (κ3) is 3.92. The molecule has 0 bridgehead atoms. The lowest BCUT2D eigenvalue weighted by Crippen LogP contribution is -2.54. The predicted octanol–water partition coefficient (Wildman–Crippen LogP) is 1.78. The minimum atomic E-state index is -5.04. The maximum Gasteiger partial charge on any atom is 0.328 e. The van der Waals surface area contributed by atoms with Crippen molar-refractivity contribution in [3.8, 4) is 0 Å². The molecule has 3 N–H and O–H groups in total. The van der Waals surface area contributed by atoms with Crippen LogP contribution in [-0.2, 0) is 19.7 Å². The van der Waals surface area contributed by atoms with Gasteiger partial charge in [0, 0.05) is 0 Å². The normalized spacial score (nSPS) is 16.4. The second-order valence-electron chi connectivity index (χ2n) is 4.76. The standard InChI is InChI=1S/C12H22O7S/c1-3-5-6-7-8-9(10(13)14)12(4-2,11(15)16)20(17,18)19/h9H,3-8H2,1-2H3,(H,13,14)(H,15,16)(H,17,18,19). The SMILES string of the molecule is CCCCCCC(C(=O)O)C(CC)(C(=O)O)S(=O)(=O)O. The Labute approximate surface area is 118 Å². The zero-order chi connectivity index (χ0) is 16.0. The molecule has 0 radical (unpaired) electrons. The summed E-state index contributed by atoms with van der Waals surface area (Å²) in [4.78, 5) is 22.6. The monoisotopic (exact) mass is 310 g/mol. The van der Waals surface area contributed by atoms with Crippen molar-refractivity contribution in [3.05, 3.63) is 0 Å². The van der Waals surface area contributed by atoms with Crippen LogP contribution in [0.15, 0.2) is 0 Å². The van der Waals surface area contributed by atoms with Gasteiger partial charge >= 0.3 is 11.9 Å². The highest BCUT2D eigenvalue weighted by Gasteiger charge is 2.57. The van der Waals surface area contributed by atoms with Gasteiger partial charge < -0.3 is 10.2 Å². The Kier molecular flexibility index (Phi) is 7.15. The number of aliphatic carboxylic acids is 2. The largest absolute Gasteiger partial charge is 0.481 e. The van der Waals surface area contributed by atoms with E-state index < -0.39 is 39.1 Å². The molecule has 0 aromatic rings. The van der Waals surface area contributed by atoms with Crippen molar-refractivity contribution < 1.29 is 32.8 Å².